The number of carbonyl (C=O) groups is 1. The quantitative estimate of drug-likeness (QED) is 0.613. The molecule has 0 aliphatic carbocycles. The van der Waals surface area contributed by atoms with Gasteiger partial charge in [-0.25, -0.2) is 18.3 Å². The van der Waals surface area contributed by atoms with Crippen molar-refractivity contribution in [2.75, 3.05) is 20.1 Å². The third-order valence-electron chi connectivity index (χ3n) is 4.57. The van der Waals surface area contributed by atoms with Crippen LogP contribution in [0.25, 0.3) is 5.78 Å². The molecule has 10 heteroatoms. The normalized spacial score (nSPS) is 18.2. The Morgan fingerprint density at radius 1 is 1.48 bits per heavy atom. The molecule has 0 bridgehead atoms. The van der Waals surface area contributed by atoms with Crippen LogP contribution in [0.3, 0.4) is 0 Å². The fourth-order valence-electron chi connectivity index (χ4n) is 3.30. The molecule has 1 saturated heterocycles. The first-order valence-electron chi connectivity index (χ1n) is 8.63. The highest BCUT2D eigenvalue weighted by Crippen LogP contribution is 2.30. The van der Waals surface area contributed by atoms with Gasteiger partial charge in [-0.05, 0) is 25.8 Å². The van der Waals surface area contributed by atoms with Crippen LogP contribution in [0.4, 0.5) is 8.78 Å². The monoisotopic (exact) mass is 377 g/mol. The molecule has 1 atom stereocenters. The Hall–Kier alpha value is -2.91. The molecule has 2 N–H and O–H groups in total. The largest absolute Gasteiger partial charge is 0.393 e. The SMILES string of the molecule is CN/C=C(\C(C)=N)C(=O)N1CCCC(c2cc(C(F)F)nc3ncnn23)C1. The van der Waals surface area contributed by atoms with Gasteiger partial charge in [-0.15, -0.1) is 0 Å². The van der Waals surface area contributed by atoms with Crippen LogP contribution in [-0.4, -0.2) is 56.2 Å². The molecule has 3 rings (SSSR count). The van der Waals surface area contributed by atoms with Crippen molar-refractivity contribution < 1.29 is 13.6 Å². The van der Waals surface area contributed by atoms with Crippen molar-refractivity contribution in [2.45, 2.75) is 32.1 Å². The van der Waals surface area contributed by atoms with Gasteiger partial charge in [-0.3, -0.25) is 4.79 Å². The molecule has 0 aromatic carbocycles. The smallest absolute Gasteiger partial charge is 0.280 e. The van der Waals surface area contributed by atoms with E-state index in [1.165, 1.54) is 23.1 Å². The molecule has 27 heavy (non-hydrogen) atoms. The summed E-state index contributed by atoms with van der Waals surface area (Å²) in [6.07, 6.45) is 1.53. The van der Waals surface area contributed by atoms with Crippen molar-refractivity contribution >= 4 is 17.4 Å². The maximum Gasteiger partial charge on any atom is 0.280 e. The molecular weight excluding hydrogens is 356 g/mol. The van der Waals surface area contributed by atoms with Crippen LogP contribution >= 0.6 is 0 Å². The number of amides is 1. The summed E-state index contributed by atoms with van der Waals surface area (Å²) in [6.45, 7) is 2.46. The first-order chi connectivity index (χ1) is 12.9. The summed E-state index contributed by atoms with van der Waals surface area (Å²) < 4.78 is 27.9. The minimum atomic E-state index is -2.71. The molecule has 2 aromatic rings. The minimum absolute atomic E-state index is 0.123. The van der Waals surface area contributed by atoms with E-state index in [0.29, 0.717) is 18.8 Å². The van der Waals surface area contributed by atoms with Gasteiger partial charge in [-0.2, -0.15) is 10.1 Å². The zero-order valence-corrected chi connectivity index (χ0v) is 15.1. The van der Waals surface area contributed by atoms with Gasteiger partial charge in [0, 0.05) is 38.0 Å². The summed E-state index contributed by atoms with van der Waals surface area (Å²) >= 11 is 0. The Bertz CT molecular complexity index is 893. The molecule has 2 aromatic heterocycles. The van der Waals surface area contributed by atoms with E-state index in [0.717, 1.165) is 12.8 Å². The van der Waals surface area contributed by atoms with Crippen molar-refractivity contribution in [3.05, 3.63) is 35.6 Å². The highest BCUT2D eigenvalue weighted by Gasteiger charge is 2.30. The minimum Gasteiger partial charge on any atom is -0.393 e. The van der Waals surface area contributed by atoms with Gasteiger partial charge in [-0.1, -0.05) is 0 Å². The molecule has 144 valence electrons. The van der Waals surface area contributed by atoms with Gasteiger partial charge in [0.2, 0.25) is 0 Å². The second kappa shape index (κ2) is 7.77. The molecule has 0 saturated carbocycles. The molecular formula is C17H21F2N7O. The molecule has 3 heterocycles. The Labute approximate surface area is 154 Å². The number of carbonyl (C=O) groups excluding carboxylic acids is 1. The zero-order chi connectivity index (χ0) is 19.6. The van der Waals surface area contributed by atoms with E-state index in [1.807, 2.05) is 0 Å². The third kappa shape index (κ3) is 3.79. The Kier molecular flexibility index (Phi) is 5.43. The molecule has 1 amide bonds. The van der Waals surface area contributed by atoms with Crippen molar-refractivity contribution in [3.8, 4) is 0 Å². The van der Waals surface area contributed by atoms with E-state index in [2.05, 4.69) is 20.4 Å². The molecule has 1 fully saturated rings. The van der Waals surface area contributed by atoms with E-state index < -0.39 is 6.43 Å². The number of nitrogens with zero attached hydrogens (tertiary/aromatic N) is 5. The topological polar surface area (TPSA) is 99.3 Å². The van der Waals surface area contributed by atoms with Crippen LogP contribution in [0.15, 0.2) is 24.2 Å². The van der Waals surface area contributed by atoms with Gasteiger partial charge < -0.3 is 15.6 Å². The van der Waals surface area contributed by atoms with Crippen molar-refractivity contribution in [1.82, 2.24) is 29.8 Å². The number of aromatic nitrogens is 4. The summed E-state index contributed by atoms with van der Waals surface area (Å²) in [6, 6.07) is 1.34. The number of nitrogens with one attached hydrogen (secondary N) is 2. The first-order valence-corrected chi connectivity index (χ1v) is 8.63. The third-order valence-corrected chi connectivity index (χ3v) is 4.57. The maximum atomic E-state index is 13.2. The van der Waals surface area contributed by atoms with Gasteiger partial charge >= 0.3 is 0 Å². The zero-order valence-electron chi connectivity index (χ0n) is 15.1. The molecule has 1 aliphatic heterocycles. The summed E-state index contributed by atoms with van der Waals surface area (Å²) in [4.78, 5) is 22.2. The number of fused-ring (bicyclic) bond motifs is 1. The van der Waals surface area contributed by atoms with Crippen LogP contribution in [0.5, 0.6) is 0 Å². The summed E-state index contributed by atoms with van der Waals surface area (Å²) in [7, 11) is 1.67. The highest BCUT2D eigenvalue weighted by atomic mass is 19.3. The van der Waals surface area contributed by atoms with Crippen LogP contribution < -0.4 is 5.32 Å². The number of halogens is 2. The van der Waals surface area contributed by atoms with Crippen molar-refractivity contribution in [2.24, 2.45) is 0 Å². The second-order valence-corrected chi connectivity index (χ2v) is 6.44. The average Bonchev–Trinajstić information content (AvgIpc) is 3.13. The lowest BCUT2D eigenvalue weighted by molar-refractivity contribution is -0.127. The number of hydrogen-bond acceptors (Lipinski definition) is 6. The fourth-order valence-corrected chi connectivity index (χ4v) is 3.30. The Morgan fingerprint density at radius 3 is 2.93 bits per heavy atom. The number of likely N-dealkylation sites (tertiary alicyclic amines) is 1. The molecule has 0 radical (unpaired) electrons. The Morgan fingerprint density at radius 2 is 2.26 bits per heavy atom. The number of hydrogen-bond donors (Lipinski definition) is 2. The van der Waals surface area contributed by atoms with Crippen molar-refractivity contribution in [3.63, 3.8) is 0 Å². The molecule has 1 unspecified atom stereocenters. The van der Waals surface area contributed by atoms with Crippen LogP contribution in [0, 0.1) is 5.41 Å². The predicted octanol–water partition coefficient (Wildman–Crippen LogP) is 1.91. The Balaban J connectivity index is 1.92. The molecule has 0 spiro atoms. The summed E-state index contributed by atoms with van der Waals surface area (Å²) in [5, 5.41) is 14.7. The summed E-state index contributed by atoms with van der Waals surface area (Å²) in [5.41, 5.74) is 0.669. The van der Waals surface area contributed by atoms with Gasteiger partial charge in [0.25, 0.3) is 18.1 Å². The lowest BCUT2D eigenvalue weighted by Crippen LogP contribution is -2.41. The van der Waals surface area contributed by atoms with Crippen molar-refractivity contribution in [1.29, 1.82) is 5.41 Å². The number of rotatable bonds is 5. The maximum absolute atomic E-state index is 13.2. The van der Waals surface area contributed by atoms with Gasteiger partial charge in [0.15, 0.2) is 0 Å². The highest BCUT2D eigenvalue weighted by molar-refractivity contribution is 6.19. The number of piperidine rings is 1. The summed E-state index contributed by atoms with van der Waals surface area (Å²) in [5.74, 6) is -0.300. The lowest BCUT2D eigenvalue weighted by Gasteiger charge is -2.33. The number of alkyl halides is 2. The van der Waals surface area contributed by atoms with Crippen LogP contribution in [-0.2, 0) is 4.79 Å². The second-order valence-electron chi connectivity index (χ2n) is 6.44. The lowest BCUT2D eigenvalue weighted by atomic mass is 9.93. The van der Waals surface area contributed by atoms with E-state index in [1.54, 1.807) is 18.9 Å². The van der Waals surface area contributed by atoms with Crippen LogP contribution in [0.2, 0.25) is 0 Å². The first kappa shape index (κ1) is 18.9. The van der Waals surface area contributed by atoms with E-state index in [-0.39, 0.29) is 34.6 Å². The fraction of sp³-hybridized carbons (Fsp3) is 0.471. The van der Waals surface area contributed by atoms with Gasteiger partial charge in [0.1, 0.15) is 12.0 Å². The molecule has 1 aliphatic rings. The van der Waals surface area contributed by atoms with E-state index >= 15 is 0 Å². The van der Waals surface area contributed by atoms with Crippen LogP contribution in [0.1, 0.15) is 43.5 Å². The predicted molar refractivity (Wildman–Crippen MR) is 94.8 cm³/mol. The van der Waals surface area contributed by atoms with E-state index in [9.17, 15) is 13.6 Å². The van der Waals surface area contributed by atoms with Gasteiger partial charge in [0.05, 0.1) is 11.3 Å². The average molecular weight is 377 g/mol. The molecule has 8 nitrogen and oxygen atoms in total. The van der Waals surface area contributed by atoms with E-state index in [4.69, 9.17) is 5.41 Å². The standard InChI is InChI=1S/C17H21F2N7O/c1-10(20)12(7-21-2)16(27)25-5-3-4-11(8-25)14-6-13(15(18)19)24-17-22-9-23-26(14)17/h6-7,9,11,15,20-21H,3-5,8H2,1-2H3/b12-7+,20-10?.